The maximum Gasteiger partial charge on any atom is 0.256 e. The highest BCUT2D eigenvalue weighted by Crippen LogP contribution is 2.25. The van der Waals surface area contributed by atoms with E-state index in [1.807, 2.05) is 38.2 Å². The SMILES string of the molecule is CCN(CCCO)C(=O)c1cnc(NC)c2ccccc12. The molecule has 1 aromatic carbocycles. The van der Waals surface area contributed by atoms with Gasteiger partial charge in [0.05, 0.1) is 5.56 Å². The molecule has 2 rings (SSSR count). The number of hydrogen-bond acceptors (Lipinski definition) is 4. The molecule has 0 spiro atoms. The van der Waals surface area contributed by atoms with Crippen molar-refractivity contribution >= 4 is 22.5 Å². The lowest BCUT2D eigenvalue weighted by Crippen LogP contribution is -2.32. The van der Waals surface area contributed by atoms with Crippen LogP contribution in [0, 0.1) is 0 Å². The third-order valence-electron chi connectivity index (χ3n) is 3.52. The lowest BCUT2D eigenvalue weighted by molar-refractivity contribution is 0.0756. The minimum atomic E-state index is -0.0442. The maximum absolute atomic E-state index is 12.7. The number of hydrogen-bond donors (Lipinski definition) is 2. The Hall–Kier alpha value is -2.14. The van der Waals surface area contributed by atoms with Gasteiger partial charge in [-0.05, 0) is 18.7 Å². The van der Waals surface area contributed by atoms with Gasteiger partial charge in [-0.15, -0.1) is 0 Å². The first-order chi connectivity index (χ1) is 10.2. The molecule has 112 valence electrons. The fourth-order valence-electron chi connectivity index (χ4n) is 2.40. The Morgan fingerprint density at radius 3 is 2.67 bits per heavy atom. The van der Waals surface area contributed by atoms with E-state index in [2.05, 4.69) is 10.3 Å². The maximum atomic E-state index is 12.7. The molecule has 5 heteroatoms. The van der Waals surface area contributed by atoms with Crippen molar-refractivity contribution in [2.24, 2.45) is 0 Å². The Balaban J connectivity index is 2.44. The quantitative estimate of drug-likeness (QED) is 0.854. The molecule has 5 nitrogen and oxygen atoms in total. The van der Waals surface area contributed by atoms with Crippen molar-refractivity contribution in [1.29, 1.82) is 0 Å². The Kier molecular flexibility index (Phi) is 5.11. The van der Waals surface area contributed by atoms with Gasteiger partial charge in [0.1, 0.15) is 5.82 Å². The molecule has 1 heterocycles. The Morgan fingerprint density at radius 1 is 1.33 bits per heavy atom. The number of nitrogens with one attached hydrogen (secondary N) is 1. The molecule has 1 amide bonds. The number of carbonyl (C=O) groups excluding carboxylic acids is 1. The van der Waals surface area contributed by atoms with Crippen LogP contribution in [0.5, 0.6) is 0 Å². The summed E-state index contributed by atoms with van der Waals surface area (Å²) in [5.74, 6) is 0.720. The van der Waals surface area contributed by atoms with Crippen molar-refractivity contribution in [2.75, 3.05) is 32.1 Å². The average Bonchev–Trinajstić information content (AvgIpc) is 2.54. The molecule has 1 aromatic heterocycles. The molecule has 2 N–H and O–H groups in total. The number of rotatable bonds is 6. The topological polar surface area (TPSA) is 65.5 Å². The number of aromatic nitrogens is 1. The number of aliphatic hydroxyl groups excluding tert-OH is 1. The average molecular weight is 287 g/mol. The molecule has 0 aliphatic rings. The first kappa shape index (κ1) is 15.3. The van der Waals surface area contributed by atoms with Gasteiger partial charge in [-0.25, -0.2) is 4.98 Å². The van der Waals surface area contributed by atoms with Gasteiger partial charge in [-0.3, -0.25) is 4.79 Å². The van der Waals surface area contributed by atoms with Crippen LogP contribution in [0.15, 0.2) is 30.5 Å². The standard InChI is InChI=1S/C16H21N3O2/c1-3-19(9-6-10-20)16(21)14-11-18-15(17-2)13-8-5-4-7-12(13)14/h4-5,7-8,11,20H,3,6,9-10H2,1-2H3,(H,17,18). The third-order valence-corrected chi connectivity index (χ3v) is 3.52. The number of nitrogens with zero attached hydrogens (tertiary/aromatic N) is 2. The van der Waals surface area contributed by atoms with E-state index in [1.54, 1.807) is 11.1 Å². The molecule has 0 fully saturated rings. The largest absolute Gasteiger partial charge is 0.396 e. The lowest BCUT2D eigenvalue weighted by atomic mass is 10.1. The van der Waals surface area contributed by atoms with E-state index in [9.17, 15) is 4.79 Å². The highest BCUT2D eigenvalue weighted by atomic mass is 16.3. The highest BCUT2D eigenvalue weighted by Gasteiger charge is 2.18. The van der Waals surface area contributed by atoms with E-state index in [0.29, 0.717) is 25.1 Å². The number of amides is 1. The van der Waals surface area contributed by atoms with Crippen molar-refractivity contribution in [3.05, 3.63) is 36.0 Å². The minimum Gasteiger partial charge on any atom is -0.396 e. The van der Waals surface area contributed by atoms with Gasteiger partial charge < -0.3 is 15.3 Å². The number of aliphatic hydroxyl groups is 1. The van der Waals surface area contributed by atoms with E-state index >= 15 is 0 Å². The summed E-state index contributed by atoms with van der Waals surface area (Å²) in [4.78, 5) is 18.7. The molecule has 0 bridgehead atoms. The number of benzene rings is 1. The number of carbonyl (C=O) groups is 1. The van der Waals surface area contributed by atoms with Gasteiger partial charge in [0.25, 0.3) is 5.91 Å². The van der Waals surface area contributed by atoms with Gasteiger partial charge in [0, 0.05) is 38.3 Å². The summed E-state index contributed by atoms with van der Waals surface area (Å²) in [5, 5.41) is 13.8. The summed E-state index contributed by atoms with van der Waals surface area (Å²) in [6.07, 6.45) is 2.21. The molecule has 2 aromatic rings. The molecule has 21 heavy (non-hydrogen) atoms. The highest BCUT2D eigenvalue weighted by molar-refractivity contribution is 6.09. The van der Waals surface area contributed by atoms with Crippen molar-refractivity contribution in [3.63, 3.8) is 0 Å². The fraction of sp³-hybridized carbons (Fsp3) is 0.375. The van der Waals surface area contributed by atoms with Crippen molar-refractivity contribution in [3.8, 4) is 0 Å². The van der Waals surface area contributed by atoms with E-state index in [0.717, 1.165) is 16.6 Å². The molecule has 0 aliphatic heterocycles. The second-order valence-corrected chi connectivity index (χ2v) is 4.78. The molecule has 0 saturated carbocycles. The first-order valence-corrected chi connectivity index (χ1v) is 7.18. The lowest BCUT2D eigenvalue weighted by Gasteiger charge is -2.21. The van der Waals surface area contributed by atoms with Crippen LogP contribution in [-0.4, -0.2) is 47.6 Å². The van der Waals surface area contributed by atoms with E-state index in [1.165, 1.54) is 0 Å². The minimum absolute atomic E-state index is 0.0442. The third kappa shape index (κ3) is 3.13. The molecular formula is C16H21N3O2. The Bertz CT molecular complexity index is 628. The molecule has 0 unspecified atom stereocenters. The normalized spacial score (nSPS) is 10.6. The zero-order chi connectivity index (χ0) is 15.2. The van der Waals surface area contributed by atoms with Crippen LogP contribution in [0.3, 0.4) is 0 Å². The van der Waals surface area contributed by atoms with Crippen LogP contribution >= 0.6 is 0 Å². The Morgan fingerprint density at radius 2 is 2.05 bits per heavy atom. The van der Waals surface area contributed by atoms with Gasteiger partial charge in [0.15, 0.2) is 0 Å². The van der Waals surface area contributed by atoms with Crippen LogP contribution < -0.4 is 5.32 Å². The van der Waals surface area contributed by atoms with Crippen LogP contribution in [0.4, 0.5) is 5.82 Å². The zero-order valence-corrected chi connectivity index (χ0v) is 12.5. The van der Waals surface area contributed by atoms with E-state index < -0.39 is 0 Å². The summed E-state index contributed by atoms with van der Waals surface area (Å²) in [6, 6.07) is 7.74. The number of fused-ring (bicyclic) bond motifs is 1. The predicted octanol–water partition coefficient (Wildman–Crippen LogP) is 2.12. The summed E-state index contributed by atoms with van der Waals surface area (Å²) in [5.41, 5.74) is 0.601. The van der Waals surface area contributed by atoms with E-state index in [-0.39, 0.29) is 12.5 Å². The van der Waals surface area contributed by atoms with Crippen LogP contribution in [0.2, 0.25) is 0 Å². The second-order valence-electron chi connectivity index (χ2n) is 4.78. The summed E-state index contributed by atoms with van der Waals surface area (Å²) in [6.45, 7) is 3.18. The first-order valence-electron chi connectivity index (χ1n) is 7.18. The molecule has 0 atom stereocenters. The van der Waals surface area contributed by atoms with E-state index in [4.69, 9.17) is 5.11 Å². The molecule has 0 radical (unpaired) electrons. The van der Waals surface area contributed by atoms with Crippen molar-refractivity contribution in [1.82, 2.24) is 9.88 Å². The summed E-state index contributed by atoms with van der Waals surface area (Å²) < 4.78 is 0. The molecule has 0 saturated heterocycles. The van der Waals surface area contributed by atoms with Gasteiger partial charge in [-0.2, -0.15) is 0 Å². The molecular weight excluding hydrogens is 266 g/mol. The van der Waals surface area contributed by atoms with Gasteiger partial charge in [0.2, 0.25) is 0 Å². The van der Waals surface area contributed by atoms with Gasteiger partial charge >= 0.3 is 0 Å². The summed E-state index contributed by atoms with van der Waals surface area (Å²) in [7, 11) is 1.82. The van der Waals surface area contributed by atoms with Crippen LogP contribution in [0.1, 0.15) is 23.7 Å². The molecule has 0 aliphatic carbocycles. The van der Waals surface area contributed by atoms with Crippen molar-refractivity contribution < 1.29 is 9.90 Å². The fourth-order valence-corrected chi connectivity index (χ4v) is 2.40. The predicted molar refractivity (Wildman–Crippen MR) is 84.6 cm³/mol. The van der Waals surface area contributed by atoms with Crippen molar-refractivity contribution in [2.45, 2.75) is 13.3 Å². The number of anilines is 1. The van der Waals surface area contributed by atoms with Crippen LogP contribution in [0.25, 0.3) is 10.8 Å². The van der Waals surface area contributed by atoms with Crippen LogP contribution in [-0.2, 0) is 0 Å². The monoisotopic (exact) mass is 287 g/mol. The zero-order valence-electron chi connectivity index (χ0n) is 12.5. The number of pyridine rings is 1. The van der Waals surface area contributed by atoms with Gasteiger partial charge in [-0.1, -0.05) is 24.3 Å². The smallest absolute Gasteiger partial charge is 0.256 e. The second kappa shape index (κ2) is 7.04. The Labute approximate surface area is 124 Å². The summed E-state index contributed by atoms with van der Waals surface area (Å²) >= 11 is 0.